The fourth-order valence-corrected chi connectivity index (χ4v) is 4.68. The fraction of sp³-hybridized carbons (Fsp3) is 0.652. The number of likely N-dealkylation sites (tertiary alicyclic amines) is 2. The Hall–Kier alpha value is -2.32. The summed E-state index contributed by atoms with van der Waals surface area (Å²) in [7, 11) is 0. The number of nitrogens with zero attached hydrogens (tertiary/aromatic N) is 2. The van der Waals surface area contributed by atoms with Crippen LogP contribution < -0.4 is 21.3 Å². The molecule has 172 valence electrons. The molecule has 2 saturated heterocycles. The third kappa shape index (κ3) is 6.58. The smallest absolute Gasteiger partial charge is 0.319 e. The number of anilines is 2. The van der Waals surface area contributed by atoms with Crippen molar-refractivity contribution in [3.8, 4) is 0 Å². The quantitative estimate of drug-likeness (QED) is 0.510. The van der Waals surface area contributed by atoms with Crippen molar-refractivity contribution in [3.63, 3.8) is 0 Å². The van der Waals surface area contributed by atoms with Crippen LogP contribution in [-0.2, 0) is 0 Å². The highest BCUT2D eigenvalue weighted by Gasteiger charge is 2.24. The third-order valence-electron chi connectivity index (χ3n) is 6.55. The van der Waals surface area contributed by atoms with Crippen LogP contribution in [0.4, 0.5) is 21.0 Å². The molecule has 2 aliphatic heterocycles. The molecule has 4 amide bonds. The summed E-state index contributed by atoms with van der Waals surface area (Å²) in [5.41, 5.74) is 2.30. The summed E-state index contributed by atoms with van der Waals surface area (Å²) in [6.07, 6.45) is 4.62. The topological polar surface area (TPSA) is 88.7 Å². The summed E-state index contributed by atoms with van der Waals surface area (Å²) in [5, 5.41) is 11.8. The molecule has 8 nitrogen and oxygen atoms in total. The van der Waals surface area contributed by atoms with E-state index in [1.165, 1.54) is 12.8 Å². The first kappa shape index (κ1) is 23.3. The number of amides is 4. The predicted octanol–water partition coefficient (Wildman–Crippen LogP) is 3.21. The van der Waals surface area contributed by atoms with Gasteiger partial charge >= 0.3 is 12.1 Å². The molecule has 0 spiro atoms. The molecule has 2 heterocycles. The molecule has 0 saturated carbocycles. The molecule has 2 atom stereocenters. The van der Waals surface area contributed by atoms with Gasteiger partial charge in [0.1, 0.15) is 0 Å². The zero-order valence-corrected chi connectivity index (χ0v) is 19.2. The highest BCUT2D eigenvalue weighted by atomic mass is 16.2. The highest BCUT2D eigenvalue weighted by molar-refractivity contribution is 5.93. The van der Waals surface area contributed by atoms with E-state index in [1.807, 2.05) is 19.1 Å². The van der Waals surface area contributed by atoms with Gasteiger partial charge < -0.3 is 21.3 Å². The van der Waals surface area contributed by atoms with E-state index < -0.39 is 0 Å². The lowest BCUT2D eigenvalue weighted by Crippen LogP contribution is -2.41. The molecular weight excluding hydrogens is 392 g/mol. The van der Waals surface area contributed by atoms with E-state index in [0.29, 0.717) is 36.5 Å². The summed E-state index contributed by atoms with van der Waals surface area (Å²) < 4.78 is 0. The van der Waals surface area contributed by atoms with E-state index >= 15 is 0 Å². The Bertz CT molecular complexity index is 756. The number of aryl methyl sites for hydroxylation is 1. The number of likely N-dealkylation sites (N-methyl/N-ethyl adjacent to an activating group) is 2. The van der Waals surface area contributed by atoms with Crippen LogP contribution in [0.2, 0.25) is 0 Å². The summed E-state index contributed by atoms with van der Waals surface area (Å²) >= 11 is 0. The van der Waals surface area contributed by atoms with Crippen molar-refractivity contribution in [2.45, 2.75) is 58.5 Å². The minimum absolute atomic E-state index is 0.214. The van der Waals surface area contributed by atoms with Crippen molar-refractivity contribution in [1.29, 1.82) is 0 Å². The first-order valence-electron chi connectivity index (χ1n) is 11.7. The SMILES string of the molecule is CCN1CCC[C@@H]1CNC(=O)Nc1cc(NC(=O)NC[C@@H]2CCCN2CC)ccc1C. The normalized spacial score (nSPS) is 21.8. The van der Waals surface area contributed by atoms with Crippen LogP contribution in [0.15, 0.2) is 18.2 Å². The van der Waals surface area contributed by atoms with Crippen molar-refractivity contribution < 1.29 is 9.59 Å². The standard InChI is InChI=1S/C23H38N6O2/c1-4-28-12-6-8-19(28)15-24-22(30)26-18-11-10-17(3)21(14-18)27-23(31)25-16-20-9-7-13-29(20)5-2/h10-11,14,19-20H,4-9,12-13,15-16H2,1-3H3,(H2,24,26,30)(H2,25,27,31)/t19-,20+/m0/s1. The lowest BCUT2D eigenvalue weighted by Gasteiger charge is -2.23. The van der Waals surface area contributed by atoms with Crippen molar-refractivity contribution in [2.24, 2.45) is 0 Å². The molecule has 0 radical (unpaired) electrons. The average molecular weight is 431 g/mol. The van der Waals surface area contributed by atoms with E-state index in [1.54, 1.807) is 6.07 Å². The van der Waals surface area contributed by atoms with Crippen LogP contribution in [0.3, 0.4) is 0 Å². The second-order valence-electron chi connectivity index (χ2n) is 8.55. The van der Waals surface area contributed by atoms with E-state index in [9.17, 15) is 9.59 Å². The zero-order valence-electron chi connectivity index (χ0n) is 19.2. The van der Waals surface area contributed by atoms with Gasteiger partial charge in [0.15, 0.2) is 0 Å². The number of urea groups is 2. The monoisotopic (exact) mass is 430 g/mol. The van der Waals surface area contributed by atoms with Gasteiger partial charge in [-0.15, -0.1) is 0 Å². The van der Waals surface area contributed by atoms with Gasteiger partial charge in [0, 0.05) is 36.5 Å². The van der Waals surface area contributed by atoms with Crippen molar-refractivity contribution in [1.82, 2.24) is 20.4 Å². The Labute approximate surface area is 186 Å². The number of nitrogens with one attached hydrogen (secondary N) is 4. The predicted molar refractivity (Wildman–Crippen MR) is 126 cm³/mol. The molecule has 2 fully saturated rings. The van der Waals surface area contributed by atoms with Crippen LogP contribution in [0.1, 0.15) is 45.1 Å². The number of carbonyl (C=O) groups excluding carboxylic acids is 2. The molecule has 1 aromatic rings. The summed E-state index contributed by atoms with van der Waals surface area (Å²) in [6, 6.07) is 5.95. The number of hydrogen-bond donors (Lipinski definition) is 4. The van der Waals surface area contributed by atoms with Gasteiger partial charge in [-0.3, -0.25) is 9.80 Å². The number of carbonyl (C=O) groups is 2. The molecule has 0 bridgehead atoms. The van der Waals surface area contributed by atoms with E-state index in [2.05, 4.69) is 44.9 Å². The number of hydrogen-bond acceptors (Lipinski definition) is 4. The molecule has 31 heavy (non-hydrogen) atoms. The highest BCUT2D eigenvalue weighted by Crippen LogP contribution is 2.21. The zero-order chi connectivity index (χ0) is 22.2. The Balaban J connectivity index is 1.47. The van der Waals surface area contributed by atoms with Crippen LogP contribution in [0.5, 0.6) is 0 Å². The number of rotatable bonds is 8. The Morgan fingerprint density at radius 2 is 1.45 bits per heavy atom. The van der Waals surface area contributed by atoms with Crippen LogP contribution in [-0.4, -0.2) is 73.2 Å². The maximum atomic E-state index is 12.4. The van der Waals surface area contributed by atoms with Crippen molar-refractivity contribution in [3.05, 3.63) is 23.8 Å². The van der Waals surface area contributed by atoms with Crippen LogP contribution in [0.25, 0.3) is 0 Å². The largest absolute Gasteiger partial charge is 0.336 e. The molecule has 8 heteroatoms. The minimum Gasteiger partial charge on any atom is -0.336 e. The molecule has 4 N–H and O–H groups in total. The van der Waals surface area contributed by atoms with Gasteiger partial charge in [0.2, 0.25) is 0 Å². The second-order valence-corrected chi connectivity index (χ2v) is 8.55. The molecule has 3 rings (SSSR count). The third-order valence-corrected chi connectivity index (χ3v) is 6.55. The minimum atomic E-state index is -0.219. The molecule has 2 aliphatic rings. The van der Waals surface area contributed by atoms with Gasteiger partial charge in [-0.2, -0.15) is 0 Å². The Morgan fingerprint density at radius 3 is 2.00 bits per heavy atom. The van der Waals surface area contributed by atoms with E-state index in [4.69, 9.17) is 0 Å². The second kappa shape index (κ2) is 11.3. The van der Waals surface area contributed by atoms with E-state index in [0.717, 1.165) is 44.6 Å². The summed E-state index contributed by atoms with van der Waals surface area (Å²) in [4.78, 5) is 29.6. The van der Waals surface area contributed by atoms with Crippen LogP contribution in [0, 0.1) is 6.92 Å². The van der Waals surface area contributed by atoms with Gasteiger partial charge in [-0.25, -0.2) is 9.59 Å². The average Bonchev–Trinajstić information content (AvgIpc) is 3.41. The summed E-state index contributed by atoms with van der Waals surface area (Å²) in [5.74, 6) is 0. The molecule has 0 aliphatic carbocycles. The van der Waals surface area contributed by atoms with Crippen molar-refractivity contribution >= 4 is 23.4 Å². The maximum Gasteiger partial charge on any atom is 0.319 e. The van der Waals surface area contributed by atoms with E-state index in [-0.39, 0.29) is 12.1 Å². The summed E-state index contributed by atoms with van der Waals surface area (Å²) in [6.45, 7) is 11.8. The van der Waals surface area contributed by atoms with Gasteiger partial charge in [-0.1, -0.05) is 19.9 Å². The molecule has 1 aromatic carbocycles. The number of benzene rings is 1. The molecular formula is C23H38N6O2. The molecule has 0 unspecified atom stereocenters. The lowest BCUT2D eigenvalue weighted by atomic mass is 10.2. The fourth-order valence-electron chi connectivity index (χ4n) is 4.68. The first-order valence-corrected chi connectivity index (χ1v) is 11.7. The van der Waals surface area contributed by atoms with Crippen molar-refractivity contribution in [2.75, 3.05) is 49.9 Å². The Morgan fingerprint density at radius 1 is 0.903 bits per heavy atom. The lowest BCUT2D eigenvalue weighted by molar-refractivity contribution is 0.237. The van der Waals surface area contributed by atoms with Gasteiger partial charge in [0.25, 0.3) is 0 Å². The maximum absolute atomic E-state index is 12.4. The Kier molecular flexibility index (Phi) is 8.54. The van der Waals surface area contributed by atoms with Gasteiger partial charge in [0.05, 0.1) is 0 Å². The van der Waals surface area contributed by atoms with Gasteiger partial charge in [-0.05, 0) is 76.5 Å². The van der Waals surface area contributed by atoms with Crippen LogP contribution >= 0.6 is 0 Å². The molecule has 0 aromatic heterocycles. The first-order chi connectivity index (χ1) is 15.0.